The average molecular weight is 560 g/mol. The minimum Gasteiger partial charge on any atom is -0.449 e. The van der Waals surface area contributed by atoms with Crippen LogP contribution in [-0.2, 0) is 9.53 Å². The van der Waals surface area contributed by atoms with Gasteiger partial charge >= 0.3 is 6.18 Å². The highest BCUT2D eigenvalue weighted by Crippen LogP contribution is 2.34. The number of likely N-dealkylation sites (tertiary alicyclic amines) is 1. The summed E-state index contributed by atoms with van der Waals surface area (Å²) in [7, 11) is 1.90. The van der Waals surface area contributed by atoms with Crippen molar-refractivity contribution < 1.29 is 22.7 Å². The number of nitrogens with zero attached hydrogens (tertiary/aromatic N) is 3. The largest absolute Gasteiger partial charge is 0.449 e. The molecule has 2 aromatic rings. The first-order chi connectivity index (χ1) is 19.2. The summed E-state index contributed by atoms with van der Waals surface area (Å²) in [5.74, 6) is -0.627. The molecule has 2 atom stereocenters. The number of hydrogen-bond donors (Lipinski definition) is 4. The van der Waals surface area contributed by atoms with Gasteiger partial charge in [0, 0.05) is 39.3 Å². The van der Waals surface area contributed by atoms with Crippen molar-refractivity contribution in [1.29, 1.82) is 0 Å². The second kappa shape index (κ2) is 11.8. The summed E-state index contributed by atoms with van der Waals surface area (Å²) in [6.07, 6.45) is -0.588. The van der Waals surface area contributed by atoms with Gasteiger partial charge in [0.1, 0.15) is 5.82 Å². The number of halogens is 3. The van der Waals surface area contributed by atoms with Gasteiger partial charge in [-0.3, -0.25) is 9.69 Å². The highest BCUT2D eigenvalue weighted by molar-refractivity contribution is 6.03. The van der Waals surface area contributed by atoms with Crippen molar-refractivity contribution in [3.8, 4) is 0 Å². The first-order valence-corrected chi connectivity index (χ1v) is 13.8. The van der Waals surface area contributed by atoms with E-state index in [4.69, 9.17) is 4.74 Å². The van der Waals surface area contributed by atoms with Crippen molar-refractivity contribution >= 4 is 28.8 Å². The maximum absolute atomic E-state index is 13.7. The van der Waals surface area contributed by atoms with Crippen molar-refractivity contribution in [2.24, 2.45) is 5.92 Å². The summed E-state index contributed by atoms with van der Waals surface area (Å²) in [4.78, 5) is 21.3. The lowest BCUT2D eigenvalue weighted by atomic mass is 10.0. The highest BCUT2D eigenvalue weighted by Gasteiger charge is 2.47. The van der Waals surface area contributed by atoms with Crippen LogP contribution in [0.3, 0.4) is 0 Å². The second-order valence-electron chi connectivity index (χ2n) is 10.6. The number of carbonyl (C=O) groups is 1. The third-order valence-corrected chi connectivity index (χ3v) is 7.61. The molecule has 0 bridgehead atoms. The number of para-hydroxylation sites is 2. The number of aromatic nitrogens is 1. The minimum absolute atomic E-state index is 0.293. The van der Waals surface area contributed by atoms with E-state index in [1.165, 1.54) is 6.20 Å². The highest BCUT2D eigenvalue weighted by atomic mass is 19.4. The molecule has 1 aromatic heterocycles. The summed E-state index contributed by atoms with van der Waals surface area (Å²) in [5.41, 5.74) is 1.26. The molecule has 2 unspecified atom stereocenters. The Morgan fingerprint density at radius 3 is 2.48 bits per heavy atom. The van der Waals surface area contributed by atoms with Gasteiger partial charge < -0.3 is 30.9 Å². The maximum atomic E-state index is 13.7. The molecule has 3 aliphatic heterocycles. The fourth-order valence-electron chi connectivity index (χ4n) is 5.51. The van der Waals surface area contributed by atoms with Gasteiger partial charge in [0.2, 0.25) is 12.1 Å². The number of rotatable bonds is 7. The Hall–Kier alpha value is -3.67. The minimum atomic E-state index is -4.75. The molecule has 12 heteroatoms. The van der Waals surface area contributed by atoms with Crippen LogP contribution in [0.25, 0.3) is 0 Å². The van der Waals surface area contributed by atoms with Gasteiger partial charge in [0.25, 0.3) is 5.91 Å². The fraction of sp³-hybridized carbons (Fsp3) is 0.500. The topological polar surface area (TPSA) is 93.8 Å². The van der Waals surface area contributed by atoms with Crippen molar-refractivity contribution in [3.63, 3.8) is 0 Å². The predicted octanol–water partition coefficient (Wildman–Crippen LogP) is 4.55. The number of allylic oxidation sites excluding steroid dienone is 1. The van der Waals surface area contributed by atoms with Gasteiger partial charge in [0.05, 0.1) is 23.3 Å². The monoisotopic (exact) mass is 559 g/mol. The van der Waals surface area contributed by atoms with Crippen LogP contribution < -0.4 is 26.2 Å². The van der Waals surface area contributed by atoms with Crippen LogP contribution in [0.2, 0.25) is 0 Å². The molecule has 40 heavy (non-hydrogen) atoms. The molecule has 3 aliphatic rings. The molecular formula is C28H36F3N7O2. The Morgan fingerprint density at radius 2 is 1.82 bits per heavy atom. The normalized spacial score (nSPS) is 22.5. The number of piperidine rings is 2. The molecule has 0 spiro atoms. The number of amides is 1. The number of pyridine rings is 1. The zero-order valence-electron chi connectivity index (χ0n) is 22.7. The first kappa shape index (κ1) is 27.9. The number of alkyl halides is 3. The van der Waals surface area contributed by atoms with Crippen LogP contribution in [-0.4, -0.2) is 67.6 Å². The van der Waals surface area contributed by atoms with Crippen molar-refractivity contribution in [2.75, 3.05) is 54.1 Å². The van der Waals surface area contributed by atoms with Gasteiger partial charge in [-0.15, -0.1) is 0 Å². The van der Waals surface area contributed by atoms with Crippen LogP contribution in [0.1, 0.15) is 32.6 Å². The van der Waals surface area contributed by atoms with Crippen LogP contribution in [0.5, 0.6) is 0 Å². The number of anilines is 4. The van der Waals surface area contributed by atoms with E-state index in [-0.39, 0.29) is 0 Å². The lowest BCUT2D eigenvalue weighted by Gasteiger charge is -2.34. The molecule has 2 saturated heterocycles. The fourth-order valence-corrected chi connectivity index (χ4v) is 5.51. The molecule has 4 heterocycles. The van der Waals surface area contributed by atoms with E-state index in [1.807, 2.05) is 32.2 Å². The molecule has 2 fully saturated rings. The van der Waals surface area contributed by atoms with Gasteiger partial charge in [-0.2, -0.15) is 13.2 Å². The number of nitrogens with one attached hydrogen (secondary N) is 4. The van der Waals surface area contributed by atoms with E-state index in [1.54, 1.807) is 17.0 Å². The van der Waals surface area contributed by atoms with E-state index in [0.717, 1.165) is 56.0 Å². The van der Waals surface area contributed by atoms with Gasteiger partial charge in [-0.1, -0.05) is 19.1 Å². The van der Waals surface area contributed by atoms with Gasteiger partial charge in [-0.25, -0.2) is 4.98 Å². The summed E-state index contributed by atoms with van der Waals surface area (Å²) < 4.78 is 46.8. The van der Waals surface area contributed by atoms with Crippen LogP contribution >= 0.6 is 0 Å². The maximum Gasteiger partial charge on any atom is 0.434 e. The van der Waals surface area contributed by atoms with Crippen molar-refractivity contribution in [2.45, 2.75) is 51.2 Å². The zero-order chi connectivity index (χ0) is 28.3. The SMILES string of the molecule is CNc1ccccc1NC1CCN(c2ccc(NC(=O)C3=C(C(F)(F)F)NC(N4CCCC(C)C4)O3)cn2)CC1. The molecular weight excluding hydrogens is 523 g/mol. The van der Waals surface area contributed by atoms with Crippen molar-refractivity contribution in [1.82, 2.24) is 15.2 Å². The Labute approximate surface area is 232 Å². The van der Waals surface area contributed by atoms with E-state index in [9.17, 15) is 18.0 Å². The number of carbonyl (C=O) groups excluding carboxylic acids is 1. The molecule has 0 radical (unpaired) electrons. The quantitative estimate of drug-likeness (QED) is 0.393. The number of hydrogen-bond acceptors (Lipinski definition) is 8. The van der Waals surface area contributed by atoms with Gasteiger partial charge in [0.15, 0.2) is 5.70 Å². The van der Waals surface area contributed by atoms with Crippen LogP contribution in [0, 0.1) is 5.92 Å². The third-order valence-electron chi connectivity index (χ3n) is 7.61. The summed E-state index contributed by atoms with van der Waals surface area (Å²) >= 11 is 0. The van der Waals surface area contributed by atoms with Gasteiger partial charge in [-0.05, 0) is 55.9 Å². The molecule has 9 nitrogen and oxygen atoms in total. The lowest BCUT2D eigenvalue weighted by molar-refractivity contribution is -0.120. The Balaban J connectivity index is 1.17. The lowest BCUT2D eigenvalue weighted by Crippen LogP contribution is -2.49. The smallest absolute Gasteiger partial charge is 0.434 e. The summed E-state index contributed by atoms with van der Waals surface area (Å²) in [5, 5.41) is 11.7. The van der Waals surface area contributed by atoms with Crippen LogP contribution in [0.15, 0.2) is 54.1 Å². The van der Waals surface area contributed by atoms with Crippen LogP contribution in [0.4, 0.5) is 36.1 Å². The zero-order valence-corrected chi connectivity index (χ0v) is 22.7. The third kappa shape index (κ3) is 6.38. The summed E-state index contributed by atoms with van der Waals surface area (Å²) in [6, 6.07) is 11.8. The molecule has 1 amide bonds. The predicted molar refractivity (Wildman–Crippen MR) is 149 cm³/mol. The van der Waals surface area contributed by atoms with E-state index < -0.39 is 29.9 Å². The molecule has 0 saturated carbocycles. The first-order valence-electron chi connectivity index (χ1n) is 13.8. The molecule has 216 valence electrons. The molecule has 1 aromatic carbocycles. The van der Waals surface area contributed by atoms with E-state index in [2.05, 4.69) is 37.2 Å². The van der Waals surface area contributed by atoms with E-state index in [0.29, 0.717) is 30.7 Å². The van der Waals surface area contributed by atoms with E-state index >= 15 is 0 Å². The average Bonchev–Trinajstić information content (AvgIpc) is 3.41. The molecule has 0 aliphatic carbocycles. The molecule has 5 rings (SSSR count). The Kier molecular flexibility index (Phi) is 8.24. The second-order valence-corrected chi connectivity index (χ2v) is 10.6. The number of benzene rings is 1. The summed E-state index contributed by atoms with van der Waals surface area (Å²) in [6.45, 7) is 4.85. The number of ether oxygens (including phenoxy) is 1. The Bertz CT molecular complexity index is 1210. The van der Waals surface area contributed by atoms with Crippen molar-refractivity contribution in [3.05, 3.63) is 54.1 Å². The standard InChI is InChI=1S/C28H36F3N7O2/c1-18-6-5-13-38(17-18)27-36-25(28(29,30)31)24(40-27)26(39)35-20-9-10-23(33-16-20)37-14-11-19(12-15-37)34-22-8-4-3-7-21(22)32-2/h3-4,7-10,16,18-19,27,32,34,36H,5-6,11-15,17H2,1-2H3,(H,35,39). The molecule has 4 N–H and O–H groups in total. The Morgan fingerprint density at radius 1 is 1.07 bits per heavy atom.